The maximum atomic E-state index is 11.9. The van der Waals surface area contributed by atoms with Crippen LogP contribution in [0.25, 0.3) is 6.08 Å². The van der Waals surface area contributed by atoms with Crippen LogP contribution in [0.5, 0.6) is 11.5 Å². The number of hydrogen-bond acceptors (Lipinski definition) is 6. The number of ether oxygens (including phenoxy) is 1. The molecule has 1 amide bonds. The van der Waals surface area contributed by atoms with Crippen LogP contribution in [-0.4, -0.2) is 52.2 Å². The van der Waals surface area contributed by atoms with Crippen LogP contribution in [0.3, 0.4) is 0 Å². The first-order valence-electron chi connectivity index (χ1n) is 6.91. The summed E-state index contributed by atoms with van der Waals surface area (Å²) >= 11 is 0. The first-order valence-corrected chi connectivity index (χ1v) is 6.91. The van der Waals surface area contributed by atoms with Gasteiger partial charge in [0.1, 0.15) is 0 Å². The number of carbonyl (C=O) groups excluding carboxylic acids is 1. The van der Waals surface area contributed by atoms with Crippen LogP contribution in [0, 0.1) is 10.1 Å². The number of benzene rings is 1. The number of allylic oxidation sites excluding steroid dienone is 2. The molecule has 1 heterocycles. The Labute approximate surface area is 132 Å². The van der Waals surface area contributed by atoms with Crippen molar-refractivity contribution in [2.75, 3.05) is 26.3 Å². The first-order chi connectivity index (χ1) is 11.0. The lowest BCUT2D eigenvalue weighted by atomic mass is 10.1. The third-order valence-corrected chi connectivity index (χ3v) is 3.27. The van der Waals surface area contributed by atoms with Gasteiger partial charge in [0.25, 0.3) is 5.69 Å². The van der Waals surface area contributed by atoms with Gasteiger partial charge in [-0.25, -0.2) is 0 Å². The number of rotatable bonds is 4. The molecule has 0 aromatic heterocycles. The van der Waals surface area contributed by atoms with Crippen LogP contribution >= 0.6 is 0 Å². The zero-order valence-corrected chi connectivity index (χ0v) is 12.2. The number of amides is 1. The fourth-order valence-corrected chi connectivity index (χ4v) is 2.06. The summed E-state index contributed by atoms with van der Waals surface area (Å²) in [7, 11) is 0. The smallest absolute Gasteiger partial charge is 0.280 e. The number of aromatic hydroxyl groups is 2. The highest BCUT2D eigenvalue weighted by molar-refractivity contribution is 5.88. The third kappa shape index (κ3) is 4.30. The predicted molar refractivity (Wildman–Crippen MR) is 82.0 cm³/mol. The van der Waals surface area contributed by atoms with E-state index >= 15 is 0 Å². The second-order valence-electron chi connectivity index (χ2n) is 4.81. The van der Waals surface area contributed by atoms with Crippen molar-refractivity contribution in [3.05, 3.63) is 46.0 Å². The molecular weight excluding hydrogens is 304 g/mol. The van der Waals surface area contributed by atoms with Crippen LogP contribution in [0.2, 0.25) is 0 Å². The zero-order chi connectivity index (χ0) is 16.8. The molecule has 1 fully saturated rings. The van der Waals surface area contributed by atoms with E-state index in [1.807, 2.05) is 0 Å². The van der Waals surface area contributed by atoms with Gasteiger partial charge in [-0.3, -0.25) is 14.9 Å². The first kappa shape index (κ1) is 16.5. The van der Waals surface area contributed by atoms with Crippen LogP contribution in [0.4, 0.5) is 5.69 Å². The Bertz CT molecular complexity index is 662. The van der Waals surface area contributed by atoms with Crippen molar-refractivity contribution in [3.8, 4) is 11.5 Å². The fourth-order valence-electron chi connectivity index (χ4n) is 2.06. The van der Waals surface area contributed by atoms with E-state index in [0.29, 0.717) is 26.3 Å². The summed E-state index contributed by atoms with van der Waals surface area (Å²) in [6, 6.07) is 1.96. The van der Waals surface area contributed by atoms with E-state index in [1.54, 1.807) is 4.90 Å². The van der Waals surface area contributed by atoms with E-state index in [2.05, 4.69) is 0 Å². The Morgan fingerprint density at radius 2 is 1.87 bits per heavy atom. The largest absolute Gasteiger partial charge is 0.504 e. The molecule has 1 aliphatic heterocycles. The molecule has 0 aliphatic carbocycles. The SMILES string of the molecule is O=C(/C=C/C=C/c1cc(O)c(O)cc1[N+](=O)[O-])N1CCOCC1. The van der Waals surface area contributed by atoms with Gasteiger partial charge in [-0.05, 0) is 12.1 Å². The van der Waals surface area contributed by atoms with Gasteiger partial charge in [-0.1, -0.05) is 12.2 Å². The van der Waals surface area contributed by atoms with E-state index in [1.165, 1.54) is 24.3 Å². The number of nitrogens with zero attached hydrogens (tertiary/aromatic N) is 2. The second-order valence-corrected chi connectivity index (χ2v) is 4.81. The summed E-state index contributed by atoms with van der Waals surface area (Å²) in [5.74, 6) is -1.18. The molecule has 0 spiro atoms. The molecule has 0 bridgehead atoms. The van der Waals surface area contributed by atoms with Gasteiger partial charge in [0.05, 0.1) is 29.8 Å². The van der Waals surface area contributed by atoms with Gasteiger partial charge in [0, 0.05) is 19.2 Å². The quantitative estimate of drug-likeness (QED) is 0.285. The number of nitro benzene ring substituents is 1. The standard InChI is InChI=1S/C15H16N2O6/c18-13-9-11(12(17(21)22)10-14(13)19)3-1-2-4-15(20)16-5-7-23-8-6-16/h1-4,9-10,18-19H,5-8H2/b3-1+,4-2+. The van der Waals surface area contributed by atoms with Crippen molar-refractivity contribution in [2.24, 2.45) is 0 Å². The minimum Gasteiger partial charge on any atom is -0.504 e. The molecule has 23 heavy (non-hydrogen) atoms. The van der Waals surface area contributed by atoms with Gasteiger partial charge in [0.2, 0.25) is 5.91 Å². The predicted octanol–water partition coefficient (Wildman–Crippen LogP) is 1.43. The summed E-state index contributed by atoms with van der Waals surface area (Å²) in [5.41, 5.74) is -0.224. The molecule has 1 aliphatic rings. The van der Waals surface area contributed by atoms with Crippen LogP contribution in [0.15, 0.2) is 30.4 Å². The average Bonchev–Trinajstić information content (AvgIpc) is 2.54. The monoisotopic (exact) mass is 320 g/mol. The maximum Gasteiger partial charge on any atom is 0.280 e. The molecule has 1 saturated heterocycles. The number of phenols is 2. The Balaban J connectivity index is 2.08. The fraction of sp³-hybridized carbons (Fsp3) is 0.267. The number of carbonyl (C=O) groups is 1. The summed E-state index contributed by atoms with van der Waals surface area (Å²) < 4.78 is 5.15. The number of morpholine rings is 1. The van der Waals surface area contributed by atoms with E-state index in [-0.39, 0.29) is 17.2 Å². The Kier molecular flexibility index (Phi) is 5.32. The minimum atomic E-state index is -0.665. The molecule has 0 saturated carbocycles. The molecule has 8 nitrogen and oxygen atoms in total. The normalized spacial score (nSPS) is 15.4. The van der Waals surface area contributed by atoms with Crippen molar-refractivity contribution in [2.45, 2.75) is 0 Å². The van der Waals surface area contributed by atoms with Crippen molar-refractivity contribution < 1.29 is 24.7 Å². The highest BCUT2D eigenvalue weighted by atomic mass is 16.6. The highest BCUT2D eigenvalue weighted by Crippen LogP contribution is 2.33. The van der Waals surface area contributed by atoms with Gasteiger partial charge in [-0.15, -0.1) is 0 Å². The molecule has 0 radical (unpaired) electrons. The topological polar surface area (TPSA) is 113 Å². The summed E-state index contributed by atoms with van der Waals surface area (Å²) in [6.07, 6.45) is 5.65. The lowest BCUT2D eigenvalue weighted by Gasteiger charge is -2.25. The summed E-state index contributed by atoms with van der Waals surface area (Å²) in [4.78, 5) is 23.7. The molecule has 0 unspecified atom stereocenters. The second kappa shape index (κ2) is 7.41. The summed E-state index contributed by atoms with van der Waals surface area (Å²) in [5, 5.41) is 29.7. The van der Waals surface area contributed by atoms with Crippen molar-refractivity contribution >= 4 is 17.7 Å². The van der Waals surface area contributed by atoms with E-state index < -0.39 is 16.4 Å². The maximum absolute atomic E-state index is 11.9. The highest BCUT2D eigenvalue weighted by Gasteiger charge is 2.16. The molecule has 2 N–H and O–H groups in total. The lowest BCUT2D eigenvalue weighted by Crippen LogP contribution is -2.39. The molecular formula is C15H16N2O6. The number of nitro groups is 1. The molecule has 2 rings (SSSR count). The van der Waals surface area contributed by atoms with Gasteiger partial charge in [-0.2, -0.15) is 0 Å². The summed E-state index contributed by atoms with van der Waals surface area (Å²) in [6.45, 7) is 2.08. The average molecular weight is 320 g/mol. The van der Waals surface area contributed by atoms with Crippen molar-refractivity contribution in [1.29, 1.82) is 0 Å². The van der Waals surface area contributed by atoms with Crippen LogP contribution in [0.1, 0.15) is 5.56 Å². The Morgan fingerprint density at radius 1 is 1.22 bits per heavy atom. The van der Waals surface area contributed by atoms with Crippen molar-refractivity contribution in [3.63, 3.8) is 0 Å². The Hall–Kier alpha value is -2.87. The number of hydrogen-bond donors (Lipinski definition) is 2. The lowest BCUT2D eigenvalue weighted by molar-refractivity contribution is -0.385. The van der Waals surface area contributed by atoms with Crippen LogP contribution in [-0.2, 0) is 9.53 Å². The van der Waals surface area contributed by atoms with Crippen LogP contribution < -0.4 is 0 Å². The van der Waals surface area contributed by atoms with E-state index in [4.69, 9.17) is 4.74 Å². The van der Waals surface area contributed by atoms with E-state index in [9.17, 15) is 25.1 Å². The number of phenolic OH excluding ortho intramolecular Hbond substituents is 2. The van der Waals surface area contributed by atoms with E-state index in [0.717, 1.165) is 12.1 Å². The minimum absolute atomic E-state index is 0.119. The van der Waals surface area contributed by atoms with Gasteiger partial charge >= 0.3 is 0 Å². The molecule has 122 valence electrons. The molecule has 8 heteroatoms. The van der Waals surface area contributed by atoms with Gasteiger partial charge < -0.3 is 19.8 Å². The van der Waals surface area contributed by atoms with Crippen molar-refractivity contribution in [1.82, 2.24) is 4.90 Å². The molecule has 1 aromatic rings. The Morgan fingerprint density at radius 3 is 2.52 bits per heavy atom. The molecule has 1 aromatic carbocycles. The van der Waals surface area contributed by atoms with Gasteiger partial charge in [0.15, 0.2) is 11.5 Å². The third-order valence-electron chi connectivity index (χ3n) is 3.27. The molecule has 0 atom stereocenters. The zero-order valence-electron chi connectivity index (χ0n) is 12.2.